The molecule has 0 aliphatic heterocycles. The Labute approximate surface area is 306 Å². The minimum Gasteiger partial charge on any atom is -0.548 e. The summed E-state index contributed by atoms with van der Waals surface area (Å²) in [6.07, 6.45) is 0.269. The zero-order valence-corrected chi connectivity index (χ0v) is 31.4. The van der Waals surface area contributed by atoms with Crippen molar-refractivity contribution in [1.82, 2.24) is 9.62 Å². The number of hydrogen-bond donors (Lipinski definition) is 2. The number of sulfonamides is 1. The van der Waals surface area contributed by atoms with Crippen LogP contribution in [0.4, 0.5) is 10.5 Å². The fourth-order valence-corrected chi connectivity index (χ4v) is 6.98. The number of carboxylic acids is 1. The molecule has 1 aliphatic rings. The van der Waals surface area contributed by atoms with Crippen molar-refractivity contribution in [1.29, 1.82) is 0 Å². The number of fused-ring (bicyclic) bond motifs is 3. The third kappa shape index (κ3) is 8.41. The first-order chi connectivity index (χ1) is 19.6. The monoisotopic (exact) mass is 711 g/mol. The first kappa shape index (κ1) is 34.6. The number of nitrogen functional groups attached to an aromatic ring is 1. The summed E-state index contributed by atoms with van der Waals surface area (Å²) in [5.74, 6) is -1.63. The molecular formula is C31H36CsN3O6S. The van der Waals surface area contributed by atoms with Crippen molar-refractivity contribution in [2.75, 3.05) is 25.4 Å². The molecule has 0 fully saturated rings. The van der Waals surface area contributed by atoms with E-state index >= 15 is 0 Å². The van der Waals surface area contributed by atoms with Crippen LogP contribution in [-0.2, 0) is 19.6 Å². The molecule has 218 valence electrons. The molecule has 1 amide bonds. The van der Waals surface area contributed by atoms with Crippen molar-refractivity contribution in [2.45, 2.75) is 50.0 Å². The smallest absolute Gasteiger partial charge is 0.548 e. The largest absolute Gasteiger partial charge is 1.00 e. The molecule has 0 saturated heterocycles. The number of unbranched alkanes of at least 4 members (excludes halogenated alkanes) is 1. The maximum Gasteiger partial charge on any atom is 1.00 e. The van der Waals surface area contributed by atoms with Gasteiger partial charge >= 0.3 is 75.0 Å². The van der Waals surface area contributed by atoms with Crippen LogP contribution in [-0.4, -0.2) is 50.5 Å². The number of nitrogens with two attached hydrogens (primary N) is 1. The second-order valence-corrected chi connectivity index (χ2v) is 12.5. The van der Waals surface area contributed by atoms with E-state index in [0.29, 0.717) is 18.5 Å². The molecular weight excluding hydrogens is 675 g/mol. The Morgan fingerprint density at radius 1 is 0.952 bits per heavy atom. The van der Waals surface area contributed by atoms with Crippen molar-refractivity contribution in [3.05, 3.63) is 83.9 Å². The number of ether oxygens (including phenoxy) is 1. The van der Waals surface area contributed by atoms with Gasteiger partial charge in [0.25, 0.3) is 0 Å². The SMILES string of the molecule is CC(C)CN([C@@H](CCCCNC(=O)OCC1c2ccccc2-c2ccccc21)C(=O)[O-])S(=O)(=O)c1ccc(N)cc1.[Cs+]. The van der Waals surface area contributed by atoms with Gasteiger partial charge in [-0.3, -0.25) is 0 Å². The number of anilines is 1. The predicted molar refractivity (Wildman–Crippen MR) is 155 cm³/mol. The van der Waals surface area contributed by atoms with Crippen molar-refractivity contribution < 1.29 is 96.7 Å². The molecule has 0 heterocycles. The predicted octanol–water partition coefficient (Wildman–Crippen LogP) is 0.747. The van der Waals surface area contributed by atoms with Crippen LogP contribution in [0.5, 0.6) is 0 Å². The number of hydrogen-bond acceptors (Lipinski definition) is 7. The fraction of sp³-hybridized carbons (Fsp3) is 0.355. The number of aliphatic carboxylic acids is 1. The van der Waals surface area contributed by atoms with Crippen LogP contribution in [0.3, 0.4) is 0 Å². The number of alkyl carbamates (subject to hydrolysis) is 1. The van der Waals surface area contributed by atoms with E-state index in [1.54, 1.807) is 0 Å². The number of rotatable bonds is 13. The number of amides is 1. The number of carboxylic acid groups (broad SMARTS) is 1. The van der Waals surface area contributed by atoms with E-state index < -0.39 is 28.1 Å². The van der Waals surface area contributed by atoms with E-state index in [9.17, 15) is 23.1 Å². The first-order valence-corrected chi connectivity index (χ1v) is 15.2. The molecule has 1 atom stereocenters. The third-order valence-corrected chi connectivity index (χ3v) is 9.06. The van der Waals surface area contributed by atoms with Crippen LogP contribution < -0.4 is 85.1 Å². The average molecular weight is 712 g/mol. The molecule has 0 radical (unpaired) electrons. The van der Waals surface area contributed by atoms with Crippen LogP contribution >= 0.6 is 0 Å². The summed E-state index contributed by atoms with van der Waals surface area (Å²) in [5.41, 5.74) is 10.6. The number of carbonyl (C=O) groups excluding carboxylic acids is 2. The van der Waals surface area contributed by atoms with Crippen LogP contribution in [0.1, 0.15) is 50.2 Å². The normalized spacial score (nSPS) is 13.2. The van der Waals surface area contributed by atoms with Crippen LogP contribution in [0.2, 0.25) is 0 Å². The Balaban J connectivity index is 0.00000484. The first-order valence-electron chi connectivity index (χ1n) is 13.8. The van der Waals surface area contributed by atoms with E-state index in [1.807, 2.05) is 50.2 Å². The molecule has 0 spiro atoms. The number of nitrogens with zero attached hydrogens (tertiary/aromatic N) is 1. The molecule has 11 heteroatoms. The molecule has 1 aliphatic carbocycles. The Hall–Kier alpha value is -1.84. The number of benzene rings is 3. The molecule has 42 heavy (non-hydrogen) atoms. The Kier molecular flexibility index (Phi) is 13.0. The number of carbonyl (C=O) groups is 2. The van der Waals surface area contributed by atoms with Gasteiger partial charge in [0.2, 0.25) is 10.0 Å². The van der Waals surface area contributed by atoms with E-state index in [-0.39, 0.29) is 112 Å². The summed E-state index contributed by atoms with van der Waals surface area (Å²) in [6.45, 7) is 4.10. The summed E-state index contributed by atoms with van der Waals surface area (Å²) >= 11 is 0. The Morgan fingerprint density at radius 2 is 1.52 bits per heavy atom. The van der Waals surface area contributed by atoms with Crippen LogP contribution in [0.25, 0.3) is 11.1 Å². The molecule has 0 unspecified atom stereocenters. The van der Waals surface area contributed by atoms with Gasteiger partial charge in [-0.2, -0.15) is 4.31 Å². The van der Waals surface area contributed by atoms with E-state index in [2.05, 4.69) is 17.4 Å². The van der Waals surface area contributed by atoms with Gasteiger partial charge in [0, 0.05) is 24.7 Å². The molecule has 4 rings (SSSR count). The van der Waals surface area contributed by atoms with Gasteiger partial charge in [-0.15, -0.1) is 0 Å². The zero-order chi connectivity index (χ0) is 29.6. The van der Waals surface area contributed by atoms with Crippen LogP contribution in [0, 0.1) is 5.92 Å². The number of nitrogens with one attached hydrogen (secondary N) is 1. The van der Waals surface area contributed by atoms with E-state index in [1.165, 1.54) is 24.3 Å². The molecule has 9 nitrogen and oxygen atoms in total. The van der Waals surface area contributed by atoms with Gasteiger partial charge in [0.1, 0.15) is 6.61 Å². The van der Waals surface area contributed by atoms with Crippen molar-refractivity contribution in [3.63, 3.8) is 0 Å². The summed E-state index contributed by atoms with van der Waals surface area (Å²) in [4.78, 5) is 24.5. The van der Waals surface area contributed by atoms with Crippen molar-refractivity contribution in [3.8, 4) is 11.1 Å². The summed E-state index contributed by atoms with van der Waals surface area (Å²) in [5, 5.41) is 14.8. The molecule has 0 bridgehead atoms. The maximum absolute atomic E-state index is 13.4. The fourth-order valence-electron chi connectivity index (χ4n) is 5.21. The summed E-state index contributed by atoms with van der Waals surface area (Å²) in [7, 11) is -4.10. The van der Waals surface area contributed by atoms with Crippen molar-refractivity contribution in [2.24, 2.45) is 5.92 Å². The van der Waals surface area contributed by atoms with Gasteiger partial charge in [-0.1, -0.05) is 62.4 Å². The van der Waals surface area contributed by atoms with Crippen molar-refractivity contribution >= 4 is 27.8 Å². The third-order valence-electron chi connectivity index (χ3n) is 7.17. The minimum absolute atomic E-state index is 0. The summed E-state index contributed by atoms with van der Waals surface area (Å²) in [6, 6.07) is 20.5. The van der Waals surface area contributed by atoms with Gasteiger partial charge in [-0.25, -0.2) is 13.2 Å². The Morgan fingerprint density at radius 3 is 2.07 bits per heavy atom. The van der Waals surface area contributed by atoms with E-state index in [0.717, 1.165) is 26.6 Å². The molecule has 0 aromatic heterocycles. The minimum atomic E-state index is -4.10. The molecule has 0 saturated carbocycles. The van der Waals surface area contributed by atoms with Crippen LogP contribution in [0.15, 0.2) is 77.7 Å². The molecule has 3 aromatic carbocycles. The van der Waals surface area contributed by atoms with Gasteiger partial charge in [0.05, 0.1) is 16.9 Å². The second-order valence-electron chi connectivity index (χ2n) is 10.6. The quantitative estimate of drug-likeness (QED) is 0.197. The van der Waals surface area contributed by atoms with Gasteiger partial charge in [0.15, 0.2) is 0 Å². The van der Waals surface area contributed by atoms with Gasteiger partial charge in [-0.05, 0) is 71.7 Å². The molecule has 3 N–H and O–H groups in total. The second kappa shape index (κ2) is 15.8. The maximum atomic E-state index is 13.4. The average Bonchev–Trinajstić information content (AvgIpc) is 3.26. The van der Waals surface area contributed by atoms with E-state index in [4.69, 9.17) is 10.5 Å². The topological polar surface area (TPSA) is 142 Å². The Bertz CT molecular complexity index is 1430. The molecule has 3 aromatic rings. The summed E-state index contributed by atoms with van der Waals surface area (Å²) < 4.78 is 33.3. The zero-order valence-electron chi connectivity index (χ0n) is 24.3. The standard InChI is InChI=1S/C31H37N3O6S.Cs/c1-21(2)19-34(41(38,39)23-16-14-22(32)15-17-23)29(30(35)36)13-7-8-18-33-31(37)40-20-28-26-11-5-3-9-24(26)25-10-4-6-12-27(25)28;/h3-6,9-12,14-17,21,28-29H,7-8,13,18-20,32H2,1-2H3,(H,33,37)(H,35,36);/q;+1/p-1/t29-;/m0./s1. The van der Waals surface area contributed by atoms with Gasteiger partial charge < -0.3 is 25.7 Å².